The van der Waals surface area contributed by atoms with E-state index in [-0.39, 0.29) is 48.4 Å². The van der Waals surface area contributed by atoms with E-state index in [4.69, 9.17) is 0 Å². The van der Waals surface area contributed by atoms with Crippen LogP contribution in [0.1, 0.15) is 16.7 Å². The number of aryl methyl sites for hydroxylation is 3. The first kappa shape index (κ1) is 26.8. The molecule has 1 aliphatic rings. The molecule has 1 saturated heterocycles. The number of rotatable bonds is 7. The highest BCUT2D eigenvalue weighted by atomic mass is 32.2. The summed E-state index contributed by atoms with van der Waals surface area (Å²) in [6, 6.07) is 20.1. The summed E-state index contributed by atoms with van der Waals surface area (Å²) in [6.07, 6.45) is 0. The van der Waals surface area contributed by atoms with Gasteiger partial charge in [-0.25, -0.2) is 16.8 Å². The van der Waals surface area contributed by atoms with E-state index >= 15 is 0 Å². The van der Waals surface area contributed by atoms with Crippen LogP contribution in [0.15, 0.2) is 82.6 Å². The van der Waals surface area contributed by atoms with Crippen LogP contribution in [0, 0.1) is 20.8 Å². The molecule has 1 amide bonds. The standard InChI is InChI=1S/C27H31N3O5S2/c1-21-9-11-26(12-10-21)36(32,33)29-15-13-28(14-16-29)27(31)20-30(24-18-22(2)17-23(3)19-24)37(34,35)25-7-5-4-6-8-25/h4-12,17-19H,13-16,20H2,1-3H3. The van der Waals surface area contributed by atoms with Gasteiger partial charge in [0.2, 0.25) is 15.9 Å². The van der Waals surface area contributed by atoms with Gasteiger partial charge in [-0.2, -0.15) is 4.31 Å². The Bertz CT molecular complexity index is 1460. The van der Waals surface area contributed by atoms with Gasteiger partial charge in [0.25, 0.3) is 10.0 Å². The van der Waals surface area contributed by atoms with E-state index in [0.717, 1.165) is 21.0 Å². The lowest BCUT2D eigenvalue weighted by Crippen LogP contribution is -2.53. The fraction of sp³-hybridized carbons (Fsp3) is 0.296. The molecule has 0 radical (unpaired) electrons. The second-order valence-electron chi connectivity index (χ2n) is 9.27. The van der Waals surface area contributed by atoms with Crippen molar-refractivity contribution in [1.82, 2.24) is 9.21 Å². The summed E-state index contributed by atoms with van der Waals surface area (Å²) in [5, 5.41) is 0. The molecule has 8 nitrogen and oxygen atoms in total. The van der Waals surface area contributed by atoms with E-state index in [1.165, 1.54) is 21.3 Å². The van der Waals surface area contributed by atoms with Crippen LogP contribution in [0.2, 0.25) is 0 Å². The smallest absolute Gasteiger partial charge is 0.264 e. The molecule has 196 valence electrons. The highest BCUT2D eigenvalue weighted by molar-refractivity contribution is 7.92. The Labute approximate surface area is 219 Å². The Hall–Kier alpha value is -3.21. The van der Waals surface area contributed by atoms with Crippen molar-refractivity contribution in [3.8, 4) is 0 Å². The summed E-state index contributed by atoms with van der Waals surface area (Å²) in [5.74, 6) is -0.383. The van der Waals surface area contributed by atoms with Crippen LogP contribution in [0.25, 0.3) is 0 Å². The molecule has 0 bridgehead atoms. The van der Waals surface area contributed by atoms with Crippen molar-refractivity contribution in [2.75, 3.05) is 37.0 Å². The predicted molar refractivity (Wildman–Crippen MR) is 143 cm³/mol. The van der Waals surface area contributed by atoms with Crippen LogP contribution in [0.4, 0.5) is 5.69 Å². The van der Waals surface area contributed by atoms with Gasteiger partial charge in [-0.05, 0) is 68.3 Å². The Morgan fingerprint density at radius 2 is 1.30 bits per heavy atom. The number of sulfonamides is 2. The molecule has 0 atom stereocenters. The Balaban J connectivity index is 1.54. The number of hydrogen-bond acceptors (Lipinski definition) is 5. The maximum Gasteiger partial charge on any atom is 0.264 e. The molecule has 1 fully saturated rings. The van der Waals surface area contributed by atoms with Gasteiger partial charge in [0.1, 0.15) is 6.54 Å². The molecule has 0 unspecified atom stereocenters. The Kier molecular flexibility index (Phi) is 7.72. The normalized spacial score (nSPS) is 14.9. The topological polar surface area (TPSA) is 95.1 Å². The largest absolute Gasteiger partial charge is 0.338 e. The molecule has 0 N–H and O–H groups in total. The summed E-state index contributed by atoms with van der Waals surface area (Å²) >= 11 is 0. The minimum atomic E-state index is -4.02. The van der Waals surface area contributed by atoms with Gasteiger partial charge in [-0.15, -0.1) is 0 Å². The van der Waals surface area contributed by atoms with E-state index in [1.54, 1.807) is 54.6 Å². The molecule has 10 heteroatoms. The second kappa shape index (κ2) is 10.6. The van der Waals surface area contributed by atoms with Crippen LogP contribution >= 0.6 is 0 Å². The van der Waals surface area contributed by atoms with Crippen molar-refractivity contribution in [1.29, 1.82) is 0 Å². The third-order valence-electron chi connectivity index (χ3n) is 6.35. The van der Waals surface area contributed by atoms with Gasteiger partial charge in [-0.3, -0.25) is 9.10 Å². The van der Waals surface area contributed by atoms with Gasteiger partial charge in [0.15, 0.2) is 0 Å². The third kappa shape index (κ3) is 5.87. The average molecular weight is 542 g/mol. The highest BCUT2D eigenvalue weighted by Gasteiger charge is 2.33. The summed E-state index contributed by atoms with van der Waals surface area (Å²) in [6.45, 7) is 5.88. The zero-order valence-corrected chi connectivity index (χ0v) is 22.8. The number of carbonyl (C=O) groups is 1. The zero-order chi connectivity index (χ0) is 26.8. The van der Waals surface area contributed by atoms with E-state index in [1.807, 2.05) is 26.8 Å². The first-order chi connectivity index (χ1) is 17.5. The number of piperazine rings is 1. The second-order valence-corrected chi connectivity index (χ2v) is 13.1. The van der Waals surface area contributed by atoms with Crippen molar-refractivity contribution in [3.63, 3.8) is 0 Å². The van der Waals surface area contributed by atoms with Crippen LogP contribution in [0.3, 0.4) is 0 Å². The first-order valence-corrected chi connectivity index (χ1v) is 14.9. The SMILES string of the molecule is Cc1ccc(S(=O)(=O)N2CCN(C(=O)CN(c3cc(C)cc(C)c3)S(=O)(=O)c3ccccc3)CC2)cc1. The summed E-state index contributed by atoms with van der Waals surface area (Å²) in [4.78, 5) is 15.2. The van der Waals surface area contributed by atoms with Crippen LogP contribution < -0.4 is 4.31 Å². The van der Waals surface area contributed by atoms with Crippen molar-refractivity contribution in [2.24, 2.45) is 0 Å². The van der Waals surface area contributed by atoms with Crippen LogP contribution in [-0.4, -0.2) is 64.7 Å². The molecule has 0 aromatic heterocycles. The molecule has 1 heterocycles. The lowest BCUT2D eigenvalue weighted by atomic mass is 10.1. The molecule has 3 aromatic rings. The highest BCUT2D eigenvalue weighted by Crippen LogP contribution is 2.26. The Morgan fingerprint density at radius 3 is 1.86 bits per heavy atom. The predicted octanol–water partition coefficient (Wildman–Crippen LogP) is 3.34. The summed E-state index contributed by atoms with van der Waals surface area (Å²) in [5.41, 5.74) is 3.14. The van der Waals surface area contributed by atoms with Gasteiger partial charge in [0, 0.05) is 26.2 Å². The number of amides is 1. The molecule has 0 aliphatic carbocycles. The molecule has 1 aliphatic heterocycles. The maximum absolute atomic E-state index is 13.6. The number of nitrogens with zero attached hydrogens (tertiary/aromatic N) is 3. The molecule has 4 rings (SSSR count). The number of hydrogen-bond donors (Lipinski definition) is 0. The first-order valence-electron chi connectivity index (χ1n) is 12.0. The van der Waals surface area contributed by atoms with Crippen molar-refractivity contribution < 1.29 is 21.6 Å². The van der Waals surface area contributed by atoms with E-state index in [2.05, 4.69) is 0 Å². The fourth-order valence-corrected chi connectivity index (χ4v) is 7.23. The van der Waals surface area contributed by atoms with E-state index in [0.29, 0.717) is 5.69 Å². The number of anilines is 1. The maximum atomic E-state index is 13.6. The molecule has 0 spiro atoms. The monoisotopic (exact) mass is 541 g/mol. The van der Waals surface area contributed by atoms with Crippen molar-refractivity contribution in [3.05, 3.63) is 89.5 Å². The van der Waals surface area contributed by atoms with E-state index < -0.39 is 20.0 Å². The van der Waals surface area contributed by atoms with Crippen LogP contribution in [0.5, 0.6) is 0 Å². The summed E-state index contributed by atoms with van der Waals surface area (Å²) < 4.78 is 55.8. The summed E-state index contributed by atoms with van der Waals surface area (Å²) in [7, 11) is -7.69. The molecule has 0 saturated carbocycles. The minimum absolute atomic E-state index is 0.0935. The van der Waals surface area contributed by atoms with Gasteiger partial charge >= 0.3 is 0 Å². The van der Waals surface area contributed by atoms with Gasteiger partial charge in [-0.1, -0.05) is 42.0 Å². The van der Waals surface area contributed by atoms with Crippen molar-refractivity contribution in [2.45, 2.75) is 30.6 Å². The third-order valence-corrected chi connectivity index (χ3v) is 10.1. The van der Waals surface area contributed by atoms with Gasteiger partial charge in [0.05, 0.1) is 15.5 Å². The minimum Gasteiger partial charge on any atom is -0.338 e. The van der Waals surface area contributed by atoms with Crippen LogP contribution in [-0.2, 0) is 24.8 Å². The fourth-order valence-electron chi connectivity index (χ4n) is 4.39. The van der Waals surface area contributed by atoms with E-state index in [9.17, 15) is 21.6 Å². The lowest BCUT2D eigenvalue weighted by Gasteiger charge is -2.35. The molecular formula is C27H31N3O5S2. The molecule has 37 heavy (non-hydrogen) atoms. The molecule has 3 aromatic carbocycles. The zero-order valence-electron chi connectivity index (χ0n) is 21.2. The lowest BCUT2D eigenvalue weighted by molar-refractivity contribution is -0.130. The quantitative estimate of drug-likeness (QED) is 0.457. The number of benzene rings is 3. The van der Waals surface area contributed by atoms with Gasteiger partial charge < -0.3 is 4.90 Å². The van der Waals surface area contributed by atoms with Crippen molar-refractivity contribution >= 4 is 31.6 Å². The molecular weight excluding hydrogens is 510 g/mol. The average Bonchev–Trinajstić information content (AvgIpc) is 2.87. The number of carbonyl (C=O) groups excluding carboxylic acids is 1. The Morgan fingerprint density at radius 1 is 0.730 bits per heavy atom.